The molecule has 1 fully saturated rings. The molecule has 0 aliphatic carbocycles. The first-order valence-corrected chi connectivity index (χ1v) is 6.19. The molecule has 1 heterocycles. The maximum absolute atomic E-state index is 12.4. The molecule has 1 saturated heterocycles. The van der Waals surface area contributed by atoms with Crippen LogP contribution in [0, 0.1) is 0 Å². The second-order valence-electron chi connectivity index (χ2n) is 4.50. The van der Waals surface area contributed by atoms with Gasteiger partial charge in [0.15, 0.2) is 0 Å². The summed E-state index contributed by atoms with van der Waals surface area (Å²) >= 11 is 0. The van der Waals surface area contributed by atoms with E-state index in [9.17, 15) is 8.78 Å². The van der Waals surface area contributed by atoms with E-state index in [0.29, 0.717) is 6.04 Å². The van der Waals surface area contributed by atoms with Crippen LogP contribution in [0.1, 0.15) is 13.3 Å². The molecule has 1 aromatic carbocycles. The smallest absolute Gasteiger partial charge is 0.387 e. The molecule has 100 valence electrons. The Hall–Kier alpha value is -1.36. The van der Waals surface area contributed by atoms with Crippen molar-refractivity contribution in [1.29, 1.82) is 0 Å². The van der Waals surface area contributed by atoms with Crippen molar-refractivity contribution in [3.8, 4) is 5.75 Å². The van der Waals surface area contributed by atoms with Crippen LogP contribution in [0.25, 0.3) is 0 Å². The lowest BCUT2D eigenvalue weighted by Gasteiger charge is -2.26. The lowest BCUT2D eigenvalue weighted by Crippen LogP contribution is -2.35. The number of benzene rings is 1. The monoisotopic (exact) mass is 256 g/mol. The normalized spacial score (nSPS) is 20.9. The van der Waals surface area contributed by atoms with E-state index in [2.05, 4.69) is 21.9 Å². The Morgan fingerprint density at radius 1 is 1.39 bits per heavy atom. The Bertz CT molecular complexity index is 387. The van der Waals surface area contributed by atoms with Crippen LogP contribution in [0.5, 0.6) is 5.75 Å². The molecule has 1 atom stereocenters. The minimum absolute atomic E-state index is 0.251. The molecular weight excluding hydrogens is 238 g/mol. The quantitative estimate of drug-likeness (QED) is 0.899. The number of para-hydroxylation sites is 2. The van der Waals surface area contributed by atoms with Crippen LogP contribution >= 0.6 is 0 Å². The van der Waals surface area contributed by atoms with E-state index in [-0.39, 0.29) is 5.75 Å². The van der Waals surface area contributed by atoms with Crippen LogP contribution in [0.15, 0.2) is 24.3 Å². The largest absolute Gasteiger partial charge is 0.433 e. The van der Waals surface area contributed by atoms with Gasteiger partial charge in [-0.25, -0.2) is 0 Å². The van der Waals surface area contributed by atoms with Crippen LogP contribution in [-0.4, -0.2) is 32.3 Å². The average molecular weight is 256 g/mol. The minimum Gasteiger partial charge on any atom is -0.433 e. The number of ether oxygens (including phenoxy) is 1. The molecule has 1 aliphatic heterocycles. The van der Waals surface area contributed by atoms with E-state index in [4.69, 9.17) is 0 Å². The molecule has 18 heavy (non-hydrogen) atoms. The summed E-state index contributed by atoms with van der Waals surface area (Å²) in [5.41, 5.74) is 0.744. The third-order valence-corrected chi connectivity index (χ3v) is 3.01. The van der Waals surface area contributed by atoms with Gasteiger partial charge in [0.2, 0.25) is 0 Å². The van der Waals surface area contributed by atoms with Crippen molar-refractivity contribution in [2.24, 2.45) is 0 Å². The molecule has 1 N–H and O–H groups in total. The first kappa shape index (κ1) is 13.1. The number of anilines is 1. The summed E-state index contributed by atoms with van der Waals surface area (Å²) in [4.78, 5) is 2.10. The molecule has 0 amide bonds. The first-order valence-electron chi connectivity index (χ1n) is 6.19. The minimum atomic E-state index is -2.78. The molecule has 1 aliphatic rings. The van der Waals surface area contributed by atoms with E-state index in [1.54, 1.807) is 12.1 Å². The van der Waals surface area contributed by atoms with E-state index < -0.39 is 6.61 Å². The SMILES string of the molecule is CC1CN(c2ccccc2OC(F)F)CCCN1. The molecule has 1 unspecified atom stereocenters. The van der Waals surface area contributed by atoms with Crippen molar-refractivity contribution in [2.45, 2.75) is 26.0 Å². The van der Waals surface area contributed by atoms with Gasteiger partial charge in [-0.2, -0.15) is 8.78 Å². The summed E-state index contributed by atoms with van der Waals surface area (Å²) in [5.74, 6) is 0.251. The maximum Gasteiger partial charge on any atom is 0.387 e. The summed E-state index contributed by atoms with van der Waals surface area (Å²) in [6, 6.07) is 7.31. The summed E-state index contributed by atoms with van der Waals surface area (Å²) in [6.07, 6.45) is 0.993. The standard InChI is InChI=1S/C13H18F2N2O/c1-10-9-17(8-4-7-16-10)11-5-2-3-6-12(11)18-13(14)15/h2-3,5-6,10,13,16H,4,7-9H2,1H3. The van der Waals surface area contributed by atoms with Gasteiger partial charge in [-0.1, -0.05) is 12.1 Å². The zero-order valence-electron chi connectivity index (χ0n) is 10.4. The van der Waals surface area contributed by atoms with E-state index >= 15 is 0 Å². The average Bonchev–Trinajstić information content (AvgIpc) is 2.54. The van der Waals surface area contributed by atoms with Crippen LogP contribution in [0.3, 0.4) is 0 Å². The number of rotatable bonds is 3. The van der Waals surface area contributed by atoms with Crippen molar-refractivity contribution in [3.05, 3.63) is 24.3 Å². The van der Waals surface area contributed by atoms with Crippen LogP contribution in [0.4, 0.5) is 14.5 Å². The van der Waals surface area contributed by atoms with Gasteiger partial charge >= 0.3 is 6.61 Å². The lowest BCUT2D eigenvalue weighted by atomic mass is 10.2. The van der Waals surface area contributed by atoms with Gasteiger partial charge in [0.1, 0.15) is 5.75 Å². The van der Waals surface area contributed by atoms with Crippen molar-refractivity contribution in [3.63, 3.8) is 0 Å². The second-order valence-corrected chi connectivity index (χ2v) is 4.50. The topological polar surface area (TPSA) is 24.5 Å². The van der Waals surface area contributed by atoms with Gasteiger partial charge in [0.05, 0.1) is 5.69 Å². The zero-order valence-corrected chi connectivity index (χ0v) is 10.4. The molecule has 5 heteroatoms. The molecule has 0 aromatic heterocycles. The highest BCUT2D eigenvalue weighted by Crippen LogP contribution is 2.30. The number of nitrogens with zero attached hydrogens (tertiary/aromatic N) is 1. The summed E-state index contributed by atoms with van der Waals surface area (Å²) in [7, 11) is 0. The first-order chi connectivity index (χ1) is 8.66. The molecule has 0 saturated carbocycles. The fourth-order valence-electron chi connectivity index (χ4n) is 2.24. The molecule has 0 spiro atoms. The fourth-order valence-corrected chi connectivity index (χ4v) is 2.24. The molecule has 3 nitrogen and oxygen atoms in total. The van der Waals surface area contributed by atoms with E-state index in [0.717, 1.165) is 31.7 Å². The predicted octanol–water partition coefficient (Wildman–Crippen LogP) is 2.48. The van der Waals surface area contributed by atoms with Crippen LogP contribution < -0.4 is 15.0 Å². The third kappa shape index (κ3) is 3.32. The molecule has 0 bridgehead atoms. The summed E-state index contributed by atoms with van der Waals surface area (Å²) in [6.45, 7) is 1.91. The van der Waals surface area contributed by atoms with Crippen molar-refractivity contribution < 1.29 is 13.5 Å². The Kier molecular flexibility index (Phi) is 4.36. The lowest BCUT2D eigenvalue weighted by molar-refractivity contribution is -0.0495. The molecule has 1 aromatic rings. The highest BCUT2D eigenvalue weighted by molar-refractivity contribution is 5.58. The predicted molar refractivity (Wildman–Crippen MR) is 67.4 cm³/mol. The van der Waals surface area contributed by atoms with E-state index in [1.807, 2.05) is 12.1 Å². The Morgan fingerprint density at radius 2 is 2.17 bits per heavy atom. The van der Waals surface area contributed by atoms with Gasteiger partial charge in [-0.15, -0.1) is 0 Å². The fraction of sp³-hybridized carbons (Fsp3) is 0.538. The Labute approximate surface area is 106 Å². The van der Waals surface area contributed by atoms with Gasteiger partial charge in [0.25, 0.3) is 0 Å². The highest BCUT2D eigenvalue weighted by atomic mass is 19.3. The van der Waals surface area contributed by atoms with Gasteiger partial charge < -0.3 is 15.0 Å². The summed E-state index contributed by atoms with van der Waals surface area (Å²) in [5, 5.41) is 3.37. The number of hydrogen-bond acceptors (Lipinski definition) is 3. The highest BCUT2D eigenvalue weighted by Gasteiger charge is 2.18. The van der Waals surface area contributed by atoms with Crippen molar-refractivity contribution >= 4 is 5.69 Å². The second kappa shape index (κ2) is 6.00. The molecule has 2 rings (SSSR count). The van der Waals surface area contributed by atoms with E-state index in [1.165, 1.54) is 0 Å². The molecular formula is C13H18F2N2O. The third-order valence-electron chi connectivity index (χ3n) is 3.01. The van der Waals surface area contributed by atoms with Crippen LogP contribution in [0.2, 0.25) is 0 Å². The summed E-state index contributed by atoms with van der Waals surface area (Å²) < 4.78 is 29.3. The van der Waals surface area contributed by atoms with Crippen molar-refractivity contribution in [2.75, 3.05) is 24.5 Å². The van der Waals surface area contributed by atoms with Crippen LogP contribution in [-0.2, 0) is 0 Å². The Balaban J connectivity index is 2.20. The van der Waals surface area contributed by atoms with Gasteiger partial charge in [-0.05, 0) is 32.0 Å². The number of alkyl halides is 2. The number of nitrogens with one attached hydrogen (secondary N) is 1. The Morgan fingerprint density at radius 3 is 2.94 bits per heavy atom. The maximum atomic E-state index is 12.4. The zero-order chi connectivity index (χ0) is 13.0. The molecule has 0 radical (unpaired) electrons. The van der Waals surface area contributed by atoms with Crippen molar-refractivity contribution in [1.82, 2.24) is 5.32 Å². The number of hydrogen-bond donors (Lipinski definition) is 1. The van der Waals surface area contributed by atoms with Gasteiger partial charge in [0, 0.05) is 19.1 Å². The number of halogens is 2. The van der Waals surface area contributed by atoms with Gasteiger partial charge in [-0.3, -0.25) is 0 Å².